The first-order valence-electron chi connectivity index (χ1n) is 18.3. The van der Waals surface area contributed by atoms with Crippen LogP contribution in [0.15, 0.2) is 0 Å². The second kappa shape index (κ2) is 19.7. The molecule has 13 nitrogen and oxygen atoms in total. The Kier molecular flexibility index (Phi) is 17.4. The van der Waals surface area contributed by atoms with Crippen molar-refractivity contribution in [3.8, 4) is 0 Å². The highest BCUT2D eigenvalue weighted by atomic mass is 35.6. The monoisotopic (exact) mass is 805 g/mol. The van der Waals surface area contributed by atoms with Gasteiger partial charge in [-0.05, 0) is 60.5 Å². The summed E-state index contributed by atoms with van der Waals surface area (Å²) in [6, 6.07) is -0.219. The Hall–Kier alpha value is -0.390. The van der Waals surface area contributed by atoms with Crippen LogP contribution in [-0.2, 0) is 42.7 Å². The molecule has 4 aliphatic heterocycles. The highest BCUT2D eigenvalue weighted by Gasteiger charge is 2.57. The molecule has 0 aromatic heterocycles. The van der Waals surface area contributed by atoms with Gasteiger partial charge in [0, 0.05) is 37.3 Å². The minimum Gasteiger partial charge on any atom is -0.462 e. The summed E-state index contributed by atoms with van der Waals surface area (Å²) in [5.41, 5.74) is -1.10. The SMILES string of the molecule is COC1CC(OC2C(C)C(=O)OC(C)C(C)C(O)C(C)C(=O)[C@]3(CO3)CC(C)C(OC3OC(C)CC(N(C)C)C3O)C2C)OC(C)C1O.ClC(Cl)Cl. The first-order valence-corrected chi connectivity index (χ1v) is 19.6. The van der Waals surface area contributed by atoms with Gasteiger partial charge in [-0.15, -0.1) is 0 Å². The van der Waals surface area contributed by atoms with E-state index >= 15 is 0 Å². The third-order valence-corrected chi connectivity index (χ3v) is 11.4. The lowest BCUT2D eigenvalue weighted by atomic mass is 9.76. The van der Waals surface area contributed by atoms with Gasteiger partial charge in [-0.3, -0.25) is 9.59 Å². The molecule has 4 saturated heterocycles. The molecule has 0 aromatic rings. The Morgan fingerprint density at radius 2 is 1.40 bits per heavy atom. The van der Waals surface area contributed by atoms with Crippen molar-refractivity contribution in [1.82, 2.24) is 4.90 Å². The van der Waals surface area contributed by atoms with E-state index in [9.17, 15) is 24.9 Å². The van der Waals surface area contributed by atoms with Gasteiger partial charge in [0.15, 0.2) is 28.3 Å². The Labute approximate surface area is 324 Å². The fraction of sp³-hybridized carbons (Fsp3) is 0.944. The molecule has 0 saturated carbocycles. The third kappa shape index (κ3) is 11.4. The summed E-state index contributed by atoms with van der Waals surface area (Å²) in [5.74, 6) is -3.74. The van der Waals surface area contributed by atoms with Crippen LogP contribution in [-0.4, -0.2) is 143 Å². The highest BCUT2D eigenvalue weighted by molar-refractivity contribution is 6.63. The molecule has 16 heteroatoms. The summed E-state index contributed by atoms with van der Waals surface area (Å²) in [7, 11) is 5.32. The normalized spacial score (nSPS) is 46.7. The number of epoxide rings is 1. The predicted octanol–water partition coefficient (Wildman–Crippen LogP) is 3.89. The number of hydrogen-bond acceptors (Lipinski definition) is 13. The van der Waals surface area contributed by atoms with Gasteiger partial charge in [-0.25, -0.2) is 0 Å². The Morgan fingerprint density at radius 3 is 1.94 bits per heavy atom. The topological polar surface area (TPSA) is 166 Å². The van der Waals surface area contributed by atoms with Gasteiger partial charge in [0.25, 0.3) is 0 Å². The van der Waals surface area contributed by atoms with Crippen LogP contribution in [0.4, 0.5) is 0 Å². The largest absolute Gasteiger partial charge is 0.462 e. The maximum absolute atomic E-state index is 13.9. The summed E-state index contributed by atoms with van der Waals surface area (Å²) in [6.45, 7) is 14.6. The third-order valence-electron chi connectivity index (χ3n) is 11.4. The molecule has 0 bridgehead atoms. The number of nitrogens with zero attached hydrogens (tertiary/aromatic N) is 1. The fourth-order valence-electron chi connectivity index (χ4n) is 7.89. The molecular weight excluding hydrogens is 745 g/mol. The number of likely N-dealkylation sites (N-methyl/N-ethyl adjacent to an activating group) is 1. The smallest absolute Gasteiger partial charge is 0.311 e. The van der Waals surface area contributed by atoms with Crippen LogP contribution in [0.3, 0.4) is 0 Å². The van der Waals surface area contributed by atoms with Crippen molar-refractivity contribution >= 4 is 46.6 Å². The van der Waals surface area contributed by atoms with Crippen LogP contribution in [0.25, 0.3) is 0 Å². The van der Waals surface area contributed by atoms with Gasteiger partial charge in [0.1, 0.15) is 18.3 Å². The lowest BCUT2D eigenvalue weighted by molar-refractivity contribution is -0.299. The average Bonchev–Trinajstić information content (AvgIpc) is 3.86. The molecule has 3 N–H and O–H groups in total. The molecule has 52 heavy (non-hydrogen) atoms. The maximum Gasteiger partial charge on any atom is 0.311 e. The van der Waals surface area contributed by atoms with Crippen LogP contribution < -0.4 is 0 Å². The van der Waals surface area contributed by atoms with Crippen molar-refractivity contribution in [2.75, 3.05) is 27.8 Å². The molecule has 18 atom stereocenters. The van der Waals surface area contributed by atoms with E-state index in [-0.39, 0.29) is 43.3 Å². The van der Waals surface area contributed by atoms with Crippen LogP contribution in [0.1, 0.15) is 74.7 Å². The number of esters is 1. The zero-order chi connectivity index (χ0) is 39.4. The summed E-state index contributed by atoms with van der Waals surface area (Å²) >= 11 is 14.4. The van der Waals surface area contributed by atoms with Crippen LogP contribution in [0, 0.1) is 29.6 Å². The van der Waals surface area contributed by atoms with Gasteiger partial charge >= 0.3 is 5.97 Å². The number of carbonyl (C=O) groups excluding carboxylic acids is 2. The van der Waals surface area contributed by atoms with E-state index in [1.165, 1.54) is 7.11 Å². The van der Waals surface area contributed by atoms with Crippen molar-refractivity contribution in [2.45, 2.75) is 158 Å². The number of ether oxygens (including phenoxy) is 7. The van der Waals surface area contributed by atoms with E-state index < -0.39 is 101 Å². The zero-order valence-electron chi connectivity index (χ0n) is 32.3. The van der Waals surface area contributed by atoms with Gasteiger partial charge in [0.05, 0.1) is 49.1 Å². The predicted molar refractivity (Wildman–Crippen MR) is 195 cm³/mol. The average molecular weight is 807 g/mol. The Balaban J connectivity index is 0.00000173. The van der Waals surface area contributed by atoms with Crippen molar-refractivity contribution in [2.24, 2.45) is 29.6 Å². The van der Waals surface area contributed by atoms with Gasteiger partial charge in [-0.2, -0.15) is 0 Å². The lowest BCUT2D eigenvalue weighted by Gasteiger charge is -2.46. The Morgan fingerprint density at radius 1 is 0.808 bits per heavy atom. The van der Waals surface area contributed by atoms with Gasteiger partial charge < -0.3 is 53.4 Å². The summed E-state index contributed by atoms with van der Waals surface area (Å²) in [4.78, 5) is 29.7. The first kappa shape index (κ1) is 46.0. The minimum absolute atomic E-state index is 0.198. The second-order valence-electron chi connectivity index (χ2n) is 15.5. The van der Waals surface area contributed by atoms with E-state index in [4.69, 9.17) is 68.0 Å². The van der Waals surface area contributed by atoms with E-state index in [0.717, 1.165) is 0 Å². The molecule has 0 radical (unpaired) electrons. The Bertz CT molecular complexity index is 1150. The number of cyclic esters (lactones) is 1. The second-order valence-corrected chi connectivity index (χ2v) is 17.5. The molecule has 0 amide bonds. The lowest BCUT2D eigenvalue weighted by Crippen LogP contribution is -2.57. The molecule has 4 heterocycles. The summed E-state index contributed by atoms with van der Waals surface area (Å²) in [6.07, 6.45) is -7.15. The van der Waals surface area contributed by atoms with E-state index in [1.54, 1.807) is 34.6 Å². The number of carbonyl (C=O) groups is 2. The van der Waals surface area contributed by atoms with Gasteiger partial charge in [0.2, 0.25) is 0 Å². The summed E-state index contributed by atoms with van der Waals surface area (Å²) < 4.78 is 42.3. The van der Waals surface area contributed by atoms with Crippen molar-refractivity contribution in [3.05, 3.63) is 0 Å². The van der Waals surface area contributed by atoms with Crippen molar-refractivity contribution in [3.63, 3.8) is 0 Å². The first-order chi connectivity index (χ1) is 24.1. The van der Waals surface area contributed by atoms with E-state index in [1.807, 2.05) is 39.8 Å². The fourth-order valence-corrected chi connectivity index (χ4v) is 7.89. The standard InChI is InChI=1S/C35H61NO12.CHCl3/c1-16-14-35(15-43-35)32(40)19(4)27(37)18(3)22(7)46-33(41)21(6)31(47-26-13-25(42-11)28(38)23(8)45-26)20(5)30(16)48-34-29(39)24(36(9)10)12-17(2)44-34;2-1(3)4/h16-31,34,37-39H,12-15H2,1-11H3;1H/t16?,17?,18?,19?,20?,21?,22?,23?,24?,25?,26?,27?,28?,29?,30?,31?,34?,35-;/m1./s1. The number of ketones is 1. The number of hydrogen-bond donors (Lipinski definition) is 3. The minimum atomic E-state index is -1.10. The molecule has 4 rings (SSSR count). The number of halogens is 3. The number of Topliss-reactive ketones (excluding diaryl/α,β-unsaturated/α-hetero) is 1. The number of methoxy groups -OCH3 is 1. The van der Waals surface area contributed by atoms with E-state index in [0.29, 0.717) is 6.42 Å². The molecule has 17 unspecified atom stereocenters. The molecule has 4 fully saturated rings. The molecule has 304 valence electrons. The highest BCUT2D eigenvalue weighted by Crippen LogP contribution is 2.43. The quantitative estimate of drug-likeness (QED) is 0.201. The van der Waals surface area contributed by atoms with Crippen LogP contribution in [0.2, 0.25) is 0 Å². The molecule has 0 aliphatic carbocycles. The van der Waals surface area contributed by atoms with Crippen molar-refractivity contribution in [1.29, 1.82) is 0 Å². The summed E-state index contributed by atoms with van der Waals surface area (Å²) in [5, 5.41) is 33.3. The number of alkyl halides is 3. The number of aliphatic hydroxyl groups excluding tert-OH is 3. The number of rotatable bonds is 6. The molecular formula is C36H62Cl3NO12. The van der Waals surface area contributed by atoms with Crippen LogP contribution in [0.5, 0.6) is 0 Å². The zero-order valence-corrected chi connectivity index (χ0v) is 34.6. The molecule has 1 spiro atoms. The maximum atomic E-state index is 13.9. The molecule has 4 aliphatic rings. The van der Waals surface area contributed by atoms with E-state index in [2.05, 4.69) is 0 Å². The number of aliphatic hydroxyl groups is 3. The van der Waals surface area contributed by atoms with Crippen molar-refractivity contribution < 1.29 is 58.1 Å². The van der Waals surface area contributed by atoms with Gasteiger partial charge in [-0.1, -0.05) is 62.5 Å². The molecule has 0 aromatic carbocycles. The van der Waals surface area contributed by atoms with Crippen LogP contribution >= 0.6 is 34.8 Å².